The van der Waals surface area contributed by atoms with Crippen LogP contribution in [0.3, 0.4) is 0 Å². The van der Waals surface area contributed by atoms with Gasteiger partial charge in [-0.15, -0.1) is 5.10 Å². The van der Waals surface area contributed by atoms with Gasteiger partial charge in [-0.05, 0) is 56.7 Å². The minimum absolute atomic E-state index is 0.0573. The number of hydrogen-bond donors (Lipinski definition) is 7. The van der Waals surface area contributed by atoms with E-state index in [1.165, 1.54) is 57.4 Å². The summed E-state index contributed by atoms with van der Waals surface area (Å²) in [6.45, 7) is 2.50. The van der Waals surface area contributed by atoms with E-state index < -0.39 is 25.9 Å². The van der Waals surface area contributed by atoms with Crippen molar-refractivity contribution in [2.45, 2.75) is 22.6 Å². The second-order valence-corrected chi connectivity index (χ2v) is 9.27. The minimum atomic E-state index is -4.33. The number of nitrogens with one attached hydrogen (secondary N) is 3. The van der Waals surface area contributed by atoms with E-state index in [0.29, 0.717) is 11.1 Å². The molecule has 1 aliphatic heterocycles. The van der Waals surface area contributed by atoms with Crippen molar-refractivity contribution in [3.8, 4) is 11.1 Å². The number of rotatable bonds is 6. The molecule has 1 unspecified atom stereocenters. The van der Waals surface area contributed by atoms with Gasteiger partial charge in [0.15, 0.2) is 5.84 Å². The monoisotopic (exact) mass is 469 g/mol. The Hall–Kier alpha value is -2.62. The SMILES string of the molecule is C1CCNC1.CNS(=O)c1ccc(-c2ccc(N)nc2)c(/C(N)=N/NN)c1S(N)(=O)=O. The number of aromatic nitrogens is 1. The van der Waals surface area contributed by atoms with Crippen LogP contribution in [-0.2, 0) is 21.0 Å². The summed E-state index contributed by atoms with van der Waals surface area (Å²) in [6.07, 6.45) is 4.21. The van der Waals surface area contributed by atoms with Gasteiger partial charge in [-0.1, -0.05) is 6.07 Å². The summed E-state index contributed by atoms with van der Waals surface area (Å²) in [5.41, 5.74) is 14.3. The highest BCUT2D eigenvalue weighted by Gasteiger charge is 2.27. The second kappa shape index (κ2) is 11.1. The number of hydrazone groups is 1. The number of amidine groups is 1. The molecule has 2 aromatic rings. The first-order valence-corrected chi connectivity index (χ1v) is 11.9. The van der Waals surface area contributed by atoms with Crippen LogP contribution in [0.4, 0.5) is 5.82 Å². The van der Waals surface area contributed by atoms with E-state index in [-0.39, 0.29) is 22.1 Å². The molecule has 1 fully saturated rings. The average Bonchev–Trinajstić information content (AvgIpc) is 3.32. The van der Waals surface area contributed by atoms with Crippen LogP contribution in [0, 0.1) is 0 Å². The molecule has 1 atom stereocenters. The van der Waals surface area contributed by atoms with Crippen LogP contribution in [0.25, 0.3) is 11.1 Å². The van der Waals surface area contributed by atoms with Crippen molar-refractivity contribution < 1.29 is 12.6 Å². The number of nitrogens with two attached hydrogens (primary N) is 4. The minimum Gasteiger partial charge on any atom is -0.384 e. The van der Waals surface area contributed by atoms with E-state index in [1.807, 2.05) is 5.53 Å². The number of nitrogen functional groups attached to an aromatic ring is 1. The smallest absolute Gasteiger partial charge is 0.240 e. The molecule has 1 aromatic carbocycles. The molecule has 0 aliphatic carbocycles. The van der Waals surface area contributed by atoms with Gasteiger partial charge in [0, 0.05) is 17.3 Å². The highest BCUT2D eigenvalue weighted by molar-refractivity contribution is 7.90. The molecule has 1 aliphatic rings. The van der Waals surface area contributed by atoms with Gasteiger partial charge in [0.2, 0.25) is 10.0 Å². The molecule has 1 saturated heterocycles. The number of hydrazine groups is 1. The van der Waals surface area contributed by atoms with Crippen molar-refractivity contribution in [3.05, 3.63) is 36.0 Å². The number of benzene rings is 1. The van der Waals surface area contributed by atoms with Crippen LogP contribution in [-0.4, -0.2) is 43.6 Å². The molecule has 12 nitrogen and oxygen atoms in total. The summed E-state index contributed by atoms with van der Waals surface area (Å²) in [7, 11) is -4.78. The maximum absolute atomic E-state index is 12.3. The summed E-state index contributed by atoms with van der Waals surface area (Å²) in [4.78, 5) is 3.46. The summed E-state index contributed by atoms with van der Waals surface area (Å²) in [5, 5.41) is 12.2. The number of pyridine rings is 1. The van der Waals surface area contributed by atoms with Crippen LogP contribution >= 0.6 is 0 Å². The number of nitrogens with zero attached hydrogens (tertiary/aromatic N) is 2. The summed E-state index contributed by atoms with van der Waals surface area (Å²) >= 11 is 0. The molecule has 31 heavy (non-hydrogen) atoms. The van der Waals surface area contributed by atoms with Crippen LogP contribution in [0.15, 0.2) is 45.4 Å². The average molecular weight is 470 g/mol. The Kier molecular flexibility index (Phi) is 8.85. The largest absolute Gasteiger partial charge is 0.384 e. The number of primary sulfonamides is 1. The van der Waals surface area contributed by atoms with Crippen molar-refractivity contribution in [1.82, 2.24) is 20.6 Å². The van der Waals surface area contributed by atoms with Gasteiger partial charge in [-0.25, -0.2) is 38.8 Å². The Balaban J connectivity index is 0.000000597. The number of sulfonamides is 1. The molecule has 3 rings (SSSR count). The van der Waals surface area contributed by atoms with E-state index in [1.54, 1.807) is 6.07 Å². The van der Waals surface area contributed by atoms with Crippen LogP contribution in [0.1, 0.15) is 18.4 Å². The van der Waals surface area contributed by atoms with Gasteiger partial charge in [0.05, 0.1) is 4.90 Å². The van der Waals surface area contributed by atoms with Crippen molar-refractivity contribution >= 4 is 32.7 Å². The quantitative estimate of drug-likeness (QED) is 0.115. The molecule has 0 amide bonds. The molecular formula is C17H27N9O3S2. The first-order chi connectivity index (χ1) is 14.7. The third-order valence-corrected chi connectivity index (χ3v) is 6.52. The fourth-order valence-electron chi connectivity index (χ4n) is 2.91. The van der Waals surface area contributed by atoms with Gasteiger partial charge in [-0.2, -0.15) is 0 Å². The molecule has 0 saturated carbocycles. The Labute approximate surface area is 183 Å². The third kappa shape index (κ3) is 6.43. The molecule has 2 heterocycles. The Bertz CT molecular complexity index is 1050. The van der Waals surface area contributed by atoms with Crippen LogP contribution < -0.4 is 38.0 Å². The Morgan fingerprint density at radius 1 is 1.23 bits per heavy atom. The van der Waals surface area contributed by atoms with E-state index in [4.69, 9.17) is 22.4 Å². The van der Waals surface area contributed by atoms with Gasteiger partial charge in [0.25, 0.3) is 0 Å². The highest BCUT2D eigenvalue weighted by Crippen LogP contribution is 2.32. The van der Waals surface area contributed by atoms with Crippen LogP contribution in [0.2, 0.25) is 0 Å². The molecule has 11 N–H and O–H groups in total. The van der Waals surface area contributed by atoms with Gasteiger partial charge in [-0.3, -0.25) is 0 Å². The maximum Gasteiger partial charge on any atom is 0.240 e. The molecule has 170 valence electrons. The van der Waals surface area contributed by atoms with E-state index in [0.717, 1.165) is 0 Å². The van der Waals surface area contributed by atoms with Gasteiger partial charge < -0.3 is 16.8 Å². The summed E-state index contributed by atoms with van der Waals surface area (Å²) < 4.78 is 39.2. The predicted molar refractivity (Wildman–Crippen MR) is 121 cm³/mol. The zero-order valence-electron chi connectivity index (χ0n) is 17.0. The van der Waals surface area contributed by atoms with Gasteiger partial charge >= 0.3 is 0 Å². The molecule has 14 heteroatoms. The Morgan fingerprint density at radius 3 is 2.35 bits per heavy atom. The number of anilines is 1. The molecule has 0 spiro atoms. The van der Waals surface area contributed by atoms with E-state index in [9.17, 15) is 12.6 Å². The zero-order valence-corrected chi connectivity index (χ0v) is 18.6. The fourth-order valence-corrected chi connectivity index (χ4v) is 5.02. The standard InChI is InChI=1S/C13H18N8O3S2.C4H9N/c1-18-25(22)9-4-3-8(7-2-5-10(14)19-6-7)11(13(15)20-21-16)12(9)26(17,23)24;1-2-4-5-3-1/h2-6,18,21H,16H2,1H3,(H2,14,19)(H2,15,20)(H2,17,23,24);5H,1-4H2. The van der Waals surface area contributed by atoms with Crippen molar-refractivity contribution in [1.29, 1.82) is 0 Å². The predicted octanol–water partition coefficient (Wildman–Crippen LogP) is -1.33. The summed E-state index contributed by atoms with van der Waals surface area (Å²) in [6, 6.07) is 6.04. The highest BCUT2D eigenvalue weighted by atomic mass is 32.2. The van der Waals surface area contributed by atoms with Crippen molar-refractivity contribution in [2.24, 2.45) is 21.8 Å². The van der Waals surface area contributed by atoms with E-state index >= 15 is 0 Å². The second-order valence-electron chi connectivity index (χ2n) is 6.39. The van der Waals surface area contributed by atoms with Crippen LogP contribution in [0.5, 0.6) is 0 Å². The lowest BCUT2D eigenvalue weighted by molar-refractivity contribution is 0.594. The number of hydrogen-bond acceptors (Lipinski definition) is 9. The first kappa shape index (κ1) is 24.6. The fraction of sp³-hybridized carbons (Fsp3) is 0.294. The normalized spacial score (nSPS) is 15.1. The van der Waals surface area contributed by atoms with E-state index in [2.05, 4.69) is 20.1 Å². The maximum atomic E-state index is 12.3. The third-order valence-electron chi connectivity index (χ3n) is 4.29. The van der Waals surface area contributed by atoms with Crippen molar-refractivity contribution in [2.75, 3.05) is 25.9 Å². The molecule has 1 aromatic heterocycles. The van der Waals surface area contributed by atoms with Gasteiger partial charge in [0.1, 0.15) is 21.7 Å². The molecular weight excluding hydrogens is 442 g/mol. The molecule has 0 bridgehead atoms. The lowest BCUT2D eigenvalue weighted by Crippen LogP contribution is -2.28. The zero-order chi connectivity index (χ0) is 23.0. The lowest BCUT2D eigenvalue weighted by Gasteiger charge is -2.17. The lowest BCUT2D eigenvalue weighted by atomic mass is 10.0. The first-order valence-electron chi connectivity index (χ1n) is 9.21. The topological polar surface area (TPSA) is 217 Å². The Morgan fingerprint density at radius 2 is 1.90 bits per heavy atom. The summed E-state index contributed by atoms with van der Waals surface area (Å²) in [5.74, 6) is 5.17. The molecule has 0 radical (unpaired) electrons. The van der Waals surface area contributed by atoms with Crippen molar-refractivity contribution in [3.63, 3.8) is 0 Å².